The zero-order chi connectivity index (χ0) is 18.1. The number of alkyl halides is 3. The fraction of sp³-hybridized carbons (Fsp3) is 0.294. The molecular formula is C17H17F3O3S. The maximum absolute atomic E-state index is 12.7. The molecule has 0 unspecified atom stereocenters. The third kappa shape index (κ3) is 3.62. The molecule has 0 bridgehead atoms. The van der Waals surface area contributed by atoms with Crippen LogP contribution < -0.4 is 0 Å². The van der Waals surface area contributed by atoms with Crippen LogP contribution in [0.15, 0.2) is 47.4 Å². The van der Waals surface area contributed by atoms with Gasteiger partial charge in [-0.25, -0.2) is 8.42 Å². The number of rotatable bonds is 4. The van der Waals surface area contributed by atoms with Crippen molar-refractivity contribution >= 4 is 9.84 Å². The molecule has 1 N–H and O–H groups in total. The van der Waals surface area contributed by atoms with Crippen molar-refractivity contribution < 1.29 is 26.7 Å². The molecule has 0 spiro atoms. The molecule has 0 fully saturated rings. The molecule has 24 heavy (non-hydrogen) atoms. The van der Waals surface area contributed by atoms with Crippen LogP contribution in [0.1, 0.15) is 25.0 Å². The Morgan fingerprint density at radius 3 is 2.08 bits per heavy atom. The zero-order valence-corrected chi connectivity index (χ0v) is 13.9. The third-order valence-electron chi connectivity index (χ3n) is 3.72. The SMILES string of the molecule is CC(C)S(=O)(=O)c1ccc(-c2ccc(C(F)(F)F)cc2CO)cc1. The summed E-state index contributed by atoms with van der Waals surface area (Å²) in [6.45, 7) is 2.59. The standard InChI is InChI=1S/C17H17F3O3S/c1-11(2)24(22,23)15-6-3-12(4-7-15)16-8-5-14(17(18,19)20)9-13(16)10-21/h3-9,11,21H,10H2,1-2H3. The van der Waals surface area contributed by atoms with Crippen LogP contribution in [0, 0.1) is 0 Å². The zero-order valence-electron chi connectivity index (χ0n) is 13.1. The molecule has 3 nitrogen and oxygen atoms in total. The second-order valence-corrected chi connectivity index (χ2v) is 8.15. The van der Waals surface area contributed by atoms with Gasteiger partial charge in [-0.2, -0.15) is 13.2 Å². The van der Waals surface area contributed by atoms with E-state index in [1.807, 2.05) is 0 Å². The predicted molar refractivity (Wildman–Crippen MR) is 85.1 cm³/mol. The Kier molecular flexibility index (Phi) is 5.05. The molecule has 0 aliphatic carbocycles. The molecule has 2 aromatic carbocycles. The third-order valence-corrected chi connectivity index (χ3v) is 5.89. The van der Waals surface area contributed by atoms with Gasteiger partial charge in [-0.1, -0.05) is 18.2 Å². The average Bonchev–Trinajstić information content (AvgIpc) is 2.53. The first-order chi connectivity index (χ1) is 11.1. The van der Waals surface area contributed by atoms with Crippen molar-refractivity contribution in [3.05, 3.63) is 53.6 Å². The molecular weight excluding hydrogens is 341 g/mol. The van der Waals surface area contributed by atoms with Crippen LogP contribution in [0.2, 0.25) is 0 Å². The van der Waals surface area contributed by atoms with E-state index < -0.39 is 33.4 Å². The molecule has 0 heterocycles. The summed E-state index contributed by atoms with van der Waals surface area (Å²) in [4.78, 5) is 0.152. The van der Waals surface area contributed by atoms with E-state index in [2.05, 4.69) is 0 Å². The van der Waals surface area contributed by atoms with E-state index in [0.29, 0.717) is 11.1 Å². The molecule has 7 heteroatoms. The monoisotopic (exact) mass is 358 g/mol. The second-order valence-electron chi connectivity index (χ2n) is 5.65. The summed E-state index contributed by atoms with van der Waals surface area (Å²) >= 11 is 0. The molecule has 0 aliphatic rings. The number of aliphatic hydroxyl groups excluding tert-OH is 1. The van der Waals surface area contributed by atoms with Gasteiger partial charge in [-0.05, 0) is 54.8 Å². The average molecular weight is 358 g/mol. The van der Waals surface area contributed by atoms with Gasteiger partial charge in [0.15, 0.2) is 9.84 Å². The predicted octanol–water partition coefficient (Wildman–Crippen LogP) is 4.05. The van der Waals surface area contributed by atoms with Crippen molar-refractivity contribution in [2.24, 2.45) is 0 Å². The molecule has 2 rings (SSSR count). The van der Waals surface area contributed by atoms with E-state index in [9.17, 15) is 26.7 Å². The molecule has 0 atom stereocenters. The molecule has 0 aliphatic heterocycles. The Balaban J connectivity index is 2.46. The summed E-state index contributed by atoms with van der Waals surface area (Å²) in [5, 5.41) is 8.80. The minimum atomic E-state index is -4.49. The maximum atomic E-state index is 12.7. The summed E-state index contributed by atoms with van der Waals surface area (Å²) in [5.74, 6) is 0. The fourth-order valence-electron chi connectivity index (χ4n) is 2.28. The molecule has 0 saturated heterocycles. The van der Waals surface area contributed by atoms with E-state index >= 15 is 0 Å². The number of aliphatic hydroxyl groups is 1. The van der Waals surface area contributed by atoms with Gasteiger partial charge in [-0.3, -0.25) is 0 Å². The van der Waals surface area contributed by atoms with Gasteiger partial charge < -0.3 is 5.11 Å². The van der Waals surface area contributed by atoms with Crippen LogP contribution >= 0.6 is 0 Å². The van der Waals surface area contributed by atoms with Crippen LogP contribution in [0.25, 0.3) is 11.1 Å². The second kappa shape index (κ2) is 6.57. The fourth-order valence-corrected chi connectivity index (χ4v) is 3.34. The van der Waals surface area contributed by atoms with E-state index in [4.69, 9.17) is 0 Å². The maximum Gasteiger partial charge on any atom is 0.416 e. The van der Waals surface area contributed by atoms with E-state index in [-0.39, 0.29) is 10.5 Å². The molecule has 0 saturated carbocycles. The van der Waals surface area contributed by atoms with Crippen LogP contribution in [-0.2, 0) is 22.6 Å². The Labute approximate surface area is 138 Å². The van der Waals surface area contributed by atoms with Gasteiger partial charge in [0.05, 0.1) is 22.3 Å². The molecule has 0 amide bonds. The first kappa shape index (κ1) is 18.5. The van der Waals surface area contributed by atoms with Gasteiger partial charge in [0.25, 0.3) is 0 Å². The van der Waals surface area contributed by atoms with E-state index in [1.54, 1.807) is 13.8 Å². The van der Waals surface area contributed by atoms with Crippen molar-refractivity contribution in [3.8, 4) is 11.1 Å². The van der Waals surface area contributed by atoms with E-state index in [1.165, 1.54) is 30.3 Å². The lowest BCUT2D eigenvalue weighted by Crippen LogP contribution is -2.13. The summed E-state index contributed by atoms with van der Waals surface area (Å²) < 4.78 is 62.4. The van der Waals surface area contributed by atoms with E-state index in [0.717, 1.165) is 12.1 Å². The van der Waals surface area contributed by atoms with Crippen LogP contribution in [0.3, 0.4) is 0 Å². The first-order valence-corrected chi connectivity index (χ1v) is 8.77. The first-order valence-electron chi connectivity index (χ1n) is 7.22. The summed E-state index contributed by atoms with van der Waals surface area (Å²) in [6, 6.07) is 9.00. The number of halogens is 3. The number of sulfone groups is 1. The van der Waals surface area contributed by atoms with Gasteiger partial charge in [0, 0.05) is 0 Å². The Bertz CT molecular complexity index is 823. The van der Waals surface area contributed by atoms with Crippen molar-refractivity contribution in [2.75, 3.05) is 0 Å². The molecule has 0 aromatic heterocycles. The van der Waals surface area contributed by atoms with Gasteiger partial charge in [0.1, 0.15) is 0 Å². The lowest BCUT2D eigenvalue weighted by Gasteiger charge is -2.13. The van der Waals surface area contributed by atoms with Crippen LogP contribution in [0.4, 0.5) is 13.2 Å². The smallest absolute Gasteiger partial charge is 0.392 e. The number of hydrogen-bond donors (Lipinski definition) is 1. The van der Waals surface area contributed by atoms with Crippen LogP contribution in [0.5, 0.6) is 0 Å². The molecule has 2 aromatic rings. The topological polar surface area (TPSA) is 54.4 Å². The van der Waals surface area contributed by atoms with Gasteiger partial charge in [-0.15, -0.1) is 0 Å². The number of hydrogen-bond acceptors (Lipinski definition) is 3. The van der Waals surface area contributed by atoms with Crippen molar-refractivity contribution in [3.63, 3.8) is 0 Å². The lowest BCUT2D eigenvalue weighted by molar-refractivity contribution is -0.137. The highest BCUT2D eigenvalue weighted by atomic mass is 32.2. The van der Waals surface area contributed by atoms with Crippen LogP contribution in [-0.4, -0.2) is 18.8 Å². The summed E-state index contributed by atoms with van der Waals surface area (Å²) in [6.07, 6.45) is -4.49. The summed E-state index contributed by atoms with van der Waals surface area (Å²) in [5.41, 5.74) is 0.257. The molecule has 130 valence electrons. The van der Waals surface area contributed by atoms with Crippen molar-refractivity contribution in [1.29, 1.82) is 0 Å². The largest absolute Gasteiger partial charge is 0.416 e. The van der Waals surface area contributed by atoms with Crippen molar-refractivity contribution in [2.45, 2.75) is 36.8 Å². The van der Waals surface area contributed by atoms with Gasteiger partial charge >= 0.3 is 6.18 Å². The minimum absolute atomic E-state index is 0.129. The number of benzene rings is 2. The highest BCUT2D eigenvalue weighted by Gasteiger charge is 2.31. The Hall–Kier alpha value is -1.86. The molecule has 0 radical (unpaired) electrons. The minimum Gasteiger partial charge on any atom is -0.392 e. The van der Waals surface area contributed by atoms with Gasteiger partial charge in [0.2, 0.25) is 0 Å². The van der Waals surface area contributed by atoms with Crippen molar-refractivity contribution in [1.82, 2.24) is 0 Å². The lowest BCUT2D eigenvalue weighted by atomic mass is 9.98. The Morgan fingerprint density at radius 1 is 1.04 bits per heavy atom. The highest BCUT2D eigenvalue weighted by Crippen LogP contribution is 2.34. The Morgan fingerprint density at radius 2 is 1.62 bits per heavy atom. The normalized spacial score (nSPS) is 12.6. The quantitative estimate of drug-likeness (QED) is 0.897. The summed E-state index contributed by atoms with van der Waals surface area (Å²) in [7, 11) is -3.42. The highest BCUT2D eigenvalue weighted by molar-refractivity contribution is 7.92.